The van der Waals surface area contributed by atoms with E-state index in [0.29, 0.717) is 29.8 Å². The maximum absolute atomic E-state index is 11.1. The topological polar surface area (TPSA) is 72.8 Å². The summed E-state index contributed by atoms with van der Waals surface area (Å²) in [5.41, 5.74) is 1.35. The minimum atomic E-state index is -0.695. The van der Waals surface area contributed by atoms with Gasteiger partial charge in [-0.05, 0) is 80.9 Å². The van der Waals surface area contributed by atoms with Gasteiger partial charge in [0, 0.05) is 24.7 Å². The molecule has 0 saturated heterocycles. The van der Waals surface area contributed by atoms with Crippen LogP contribution in [0.1, 0.15) is 62.8 Å². The predicted octanol–water partition coefficient (Wildman–Crippen LogP) is 3.34. The lowest BCUT2D eigenvalue weighted by atomic mass is 9.79. The number of nitrogens with zero attached hydrogens (tertiary/aromatic N) is 1. The monoisotopic (exact) mass is 372 g/mol. The van der Waals surface area contributed by atoms with E-state index in [2.05, 4.69) is 22.3 Å². The number of rotatable bonds is 8. The van der Waals surface area contributed by atoms with Crippen LogP contribution in [0.2, 0.25) is 0 Å². The molecule has 3 aliphatic carbocycles. The van der Waals surface area contributed by atoms with Crippen LogP contribution in [-0.2, 0) is 4.79 Å². The van der Waals surface area contributed by atoms with Gasteiger partial charge in [0.25, 0.3) is 0 Å². The summed E-state index contributed by atoms with van der Waals surface area (Å²) in [6.07, 6.45) is 9.54. The molecule has 148 valence electrons. The number of phenolic OH excluding ortho intramolecular Hbond substituents is 1. The van der Waals surface area contributed by atoms with Crippen molar-refractivity contribution in [3.8, 4) is 5.75 Å². The zero-order valence-electron chi connectivity index (χ0n) is 16.0. The average molecular weight is 373 g/mol. The van der Waals surface area contributed by atoms with Crippen molar-refractivity contribution in [1.29, 1.82) is 0 Å². The summed E-state index contributed by atoms with van der Waals surface area (Å²) in [5.74, 6) is 1.00. The van der Waals surface area contributed by atoms with E-state index in [0.717, 1.165) is 25.3 Å². The van der Waals surface area contributed by atoms with Crippen LogP contribution in [0.25, 0.3) is 0 Å². The van der Waals surface area contributed by atoms with Crippen molar-refractivity contribution in [2.75, 3.05) is 13.1 Å². The Bertz CT molecular complexity index is 629. The summed E-state index contributed by atoms with van der Waals surface area (Å²) < 4.78 is 0. The standard InChI is InChI=1S/C22H32N2O3/c25-21-9-5-17(6-10-21)16-3-7-18(8-4-16)23-19-11-20(12-19)24(14-22(26)27)13-15-1-2-15/h5-6,9-10,15-16,18-20,23,25H,1-4,7-8,11-14H2,(H,26,27). The molecule has 3 fully saturated rings. The fourth-order valence-electron chi connectivity index (χ4n) is 4.84. The highest BCUT2D eigenvalue weighted by molar-refractivity contribution is 5.69. The Kier molecular flexibility index (Phi) is 5.69. The molecule has 1 aromatic rings. The zero-order valence-corrected chi connectivity index (χ0v) is 16.0. The molecule has 3 N–H and O–H groups in total. The molecule has 0 amide bonds. The molecule has 5 nitrogen and oxygen atoms in total. The minimum absolute atomic E-state index is 0.200. The zero-order chi connectivity index (χ0) is 18.8. The number of hydrogen-bond acceptors (Lipinski definition) is 4. The van der Waals surface area contributed by atoms with Gasteiger partial charge in [-0.1, -0.05) is 12.1 Å². The van der Waals surface area contributed by atoms with E-state index in [9.17, 15) is 15.0 Å². The Morgan fingerprint density at radius 1 is 1.00 bits per heavy atom. The molecule has 0 spiro atoms. The second kappa shape index (κ2) is 8.19. The molecule has 0 unspecified atom stereocenters. The Balaban J connectivity index is 1.19. The van der Waals surface area contributed by atoms with Crippen molar-refractivity contribution >= 4 is 5.97 Å². The van der Waals surface area contributed by atoms with E-state index in [1.807, 2.05) is 0 Å². The van der Waals surface area contributed by atoms with Crippen molar-refractivity contribution in [3.63, 3.8) is 0 Å². The van der Waals surface area contributed by atoms with E-state index in [-0.39, 0.29) is 6.54 Å². The van der Waals surface area contributed by atoms with E-state index in [1.54, 1.807) is 12.1 Å². The number of phenols is 1. The van der Waals surface area contributed by atoms with Gasteiger partial charge in [-0.15, -0.1) is 0 Å². The summed E-state index contributed by atoms with van der Waals surface area (Å²) in [7, 11) is 0. The Labute approximate surface area is 161 Å². The third kappa shape index (κ3) is 5.02. The van der Waals surface area contributed by atoms with Gasteiger partial charge >= 0.3 is 5.97 Å². The first-order chi connectivity index (χ1) is 13.1. The van der Waals surface area contributed by atoms with Crippen molar-refractivity contribution in [1.82, 2.24) is 10.2 Å². The van der Waals surface area contributed by atoms with Crippen molar-refractivity contribution in [2.24, 2.45) is 5.92 Å². The third-order valence-electron chi connectivity index (χ3n) is 6.72. The molecule has 0 bridgehead atoms. The SMILES string of the molecule is O=C(O)CN(CC1CC1)C1CC(NC2CCC(c3ccc(O)cc3)CC2)C1. The average Bonchev–Trinajstić information content (AvgIpc) is 3.42. The van der Waals surface area contributed by atoms with Gasteiger partial charge in [-0.2, -0.15) is 0 Å². The lowest BCUT2D eigenvalue weighted by Gasteiger charge is -2.45. The number of carboxylic acids is 1. The van der Waals surface area contributed by atoms with E-state index in [4.69, 9.17) is 0 Å². The minimum Gasteiger partial charge on any atom is -0.508 e. The fraction of sp³-hybridized carbons (Fsp3) is 0.682. The number of aromatic hydroxyl groups is 1. The van der Waals surface area contributed by atoms with Crippen LogP contribution in [0, 0.1) is 5.92 Å². The molecule has 4 rings (SSSR count). The van der Waals surface area contributed by atoms with Crippen LogP contribution in [0.3, 0.4) is 0 Å². The van der Waals surface area contributed by atoms with Crippen molar-refractivity contribution in [3.05, 3.63) is 29.8 Å². The Hall–Kier alpha value is -1.59. The van der Waals surface area contributed by atoms with Gasteiger partial charge in [0.05, 0.1) is 6.54 Å². The molecular formula is C22H32N2O3. The molecule has 0 atom stereocenters. The van der Waals surface area contributed by atoms with Crippen molar-refractivity contribution in [2.45, 2.75) is 75.4 Å². The van der Waals surface area contributed by atoms with Crippen LogP contribution in [0.5, 0.6) is 5.75 Å². The molecule has 0 heterocycles. The van der Waals surface area contributed by atoms with Gasteiger partial charge in [0.15, 0.2) is 0 Å². The Morgan fingerprint density at radius 2 is 1.67 bits per heavy atom. The Morgan fingerprint density at radius 3 is 2.26 bits per heavy atom. The first kappa shape index (κ1) is 18.8. The first-order valence-corrected chi connectivity index (χ1v) is 10.6. The molecule has 0 aliphatic heterocycles. The first-order valence-electron chi connectivity index (χ1n) is 10.6. The molecule has 3 aliphatic rings. The molecule has 5 heteroatoms. The normalized spacial score (nSPS) is 30.9. The molecular weight excluding hydrogens is 340 g/mol. The highest BCUT2D eigenvalue weighted by atomic mass is 16.4. The molecule has 0 aromatic heterocycles. The van der Waals surface area contributed by atoms with Crippen LogP contribution in [0.15, 0.2) is 24.3 Å². The molecule has 0 radical (unpaired) electrons. The van der Waals surface area contributed by atoms with Gasteiger partial charge < -0.3 is 15.5 Å². The van der Waals surface area contributed by atoms with E-state index in [1.165, 1.54) is 44.1 Å². The number of nitrogens with one attached hydrogen (secondary N) is 1. The van der Waals surface area contributed by atoms with Gasteiger partial charge in [-0.3, -0.25) is 9.69 Å². The summed E-state index contributed by atoms with van der Waals surface area (Å²) >= 11 is 0. The van der Waals surface area contributed by atoms with Gasteiger partial charge in [-0.25, -0.2) is 0 Å². The van der Waals surface area contributed by atoms with E-state index < -0.39 is 5.97 Å². The van der Waals surface area contributed by atoms with Crippen LogP contribution in [0.4, 0.5) is 0 Å². The summed E-state index contributed by atoms with van der Waals surface area (Å²) in [6, 6.07) is 9.30. The maximum atomic E-state index is 11.1. The largest absolute Gasteiger partial charge is 0.508 e. The number of carboxylic acid groups (broad SMARTS) is 1. The number of carbonyl (C=O) groups is 1. The smallest absolute Gasteiger partial charge is 0.317 e. The number of benzene rings is 1. The number of aliphatic carboxylic acids is 1. The second-order valence-corrected chi connectivity index (χ2v) is 8.90. The lowest BCUT2D eigenvalue weighted by Crippen LogP contribution is -2.56. The maximum Gasteiger partial charge on any atom is 0.317 e. The molecule has 3 saturated carbocycles. The highest BCUT2D eigenvalue weighted by Gasteiger charge is 2.38. The van der Waals surface area contributed by atoms with Crippen LogP contribution < -0.4 is 5.32 Å². The third-order valence-corrected chi connectivity index (χ3v) is 6.72. The number of hydrogen-bond donors (Lipinski definition) is 3. The van der Waals surface area contributed by atoms with Crippen LogP contribution >= 0.6 is 0 Å². The lowest BCUT2D eigenvalue weighted by molar-refractivity contribution is -0.139. The summed E-state index contributed by atoms with van der Waals surface area (Å²) in [6.45, 7) is 1.17. The summed E-state index contributed by atoms with van der Waals surface area (Å²) in [5, 5.41) is 22.4. The molecule has 27 heavy (non-hydrogen) atoms. The van der Waals surface area contributed by atoms with E-state index >= 15 is 0 Å². The fourth-order valence-corrected chi connectivity index (χ4v) is 4.84. The van der Waals surface area contributed by atoms with Crippen molar-refractivity contribution < 1.29 is 15.0 Å². The quantitative estimate of drug-likeness (QED) is 0.653. The molecule has 1 aromatic carbocycles. The second-order valence-electron chi connectivity index (χ2n) is 8.90. The highest BCUT2D eigenvalue weighted by Crippen LogP contribution is 2.36. The van der Waals surface area contributed by atoms with Gasteiger partial charge in [0.2, 0.25) is 0 Å². The summed E-state index contributed by atoms with van der Waals surface area (Å²) in [4.78, 5) is 13.4. The predicted molar refractivity (Wildman–Crippen MR) is 105 cm³/mol. The van der Waals surface area contributed by atoms with Gasteiger partial charge in [0.1, 0.15) is 5.75 Å². The van der Waals surface area contributed by atoms with Crippen LogP contribution in [-0.4, -0.2) is 52.3 Å².